The number of anilines is 1. The summed E-state index contributed by atoms with van der Waals surface area (Å²) in [4.78, 5) is 16.4. The number of fused-ring (bicyclic) bond motifs is 2. The Balaban J connectivity index is 1.52. The van der Waals surface area contributed by atoms with Crippen LogP contribution in [0, 0.1) is 24.7 Å². The van der Waals surface area contributed by atoms with Gasteiger partial charge in [0, 0.05) is 18.5 Å². The van der Waals surface area contributed by atoms with E-state index in [0.29, 0.717) is 5.89 Å². The lowest BCUT2D eigenvalue weighted by Gasteiger charge is -2.12. The molecule has 2 fully saturated rings. The number of amides is 1. The average molecular weight is 256 g/mol. The number of benzene rings is 1. The molecule has 2 aliphatic carbocycles. The molecule has 1 N–H and O–H groups in total. The van der Waals surface area contributed by atoms with Crippen LogP contribution in [0.25, 0.3) is 11.1 Å². The number of aryl methyl sites for hydroxylation is 1. The predicted octanol–water partition coefficient (Wildman–Crippen LogP) is 3.12. The van der Waals surface area contributed by atoms with E-state index in [9.17, 15) is 4.79 Å². The minimum absolute atomic E-state index is 0.159. The lowest BCUT2D eigenvalue weighted by Crippen LogP contribution is -2.21. The number of carbonyl (C=O) groups is 1. The number of carbonyl (C=O) groups excluding carboxylic acids is 1. The summed E-state index contributed by atoms with van der Waals surface area (Å²) in [5.41, 5.74) is 2.37. The van der Waals surface area contributed by atoms with Crippen molar-refractivity contribution in [1.29, 1.82) is 0 Å². The van der Waals surface area contributed by atoms with Gasteiger partial charge in [0.1, 0.15) is 5.52 Å². The molecule has 4 heteroatoms. The van der Waals surface area contributed by atoms with Gasteiger partial charge in [0.2, 0.25) is 5.91 Å². The van der Waals surface area contributed by atoms with Crippen molar-refractivity contribution in [2.24, 2.45) is 17.8 Å². The molecule has 2 atom stereocenters. The first-order valence-corrected chi connectivity index (χ1v) is 6.87. The van der Waals surface area contributed by atoms with Gasteiger partial charge >= 0.3 is 0 Å². The molecule has 0 spiro atoms. The van der Waals surface area contributed by atoms with Crippen LogP contribution in [0.4, 0.5) is 5.69 Å². The third-order valence-electron chi connectivity index (χ3n) is 4.38. The van der Waals surface area contributed by atoms with E-state index >= 15 is 0 Å². The second kappa shape index (κ2) is 3.83. The summed E-state index contributed by atoms with van der Waals surface area (Å²) in [5, 5.41) is 3.01. The molecule has 0 aliphatic heterocycles. The molecule has 1 amide bonds. The van der Waals surface area contributed by atoms with Gasteiger partial charge in [-0.05, 0) is 49.3 Å². The Hall–Kier alpha value is -1.84. The second-order valence-electron chi connectivity index (χ2n) is 5.83. The molecule has 1 heterocycles. The van der Waals surface area contributed by atoms with Crippen molar-refractivity contribution in [1.82, 2.24) is 4.98 Å². The van der Waals surface area contributed by atoms with Crippen LogP contribution in [0.3, 0.4) is 0 Å². The Morgan fingerprint density at radius 3 is 2.89 bits per heavy atom. The van der Waals surface area contributed by atoms with E-state index < -0.39 is 0 Å². The van der Waals surface area contributed by atoms with Gasteiger partial charge in [-0.2, -0.15) is 0 Å². The third-order valence-corrected chi connectivity index (χ3v) is 4.38. The molecule has 19 heavy (non-hydrogen) atoms. The maximum absolute atomic E-state index is 12.2. The van der Waals surface area contributed by atoms with Crippen molar-refractivity contribution in [3.8, 4) is 0 Å². The maximum atomic E-state index is 12.2. The highest BCUT2D eigenvalue weighted by atomic mass is 16.3. The Morgan fingerprint density at radius 1 is 1.32 bits per heavy atom. The van der Waals surface area contributed by atoms with Gasteiger partial charge in [-0.15, -0.1) is 0 Å². The normalized spacial score (nSPS) is 28.4. The number of nitrogens with zero attached hydrogens (tertiary/aromatic N) is 1. The lowest BCUT2D eigenvalue weighted by atomic mass is 10.0. The van der Waals surface area contributed by atoms with Gasteiger partial charge in [0.25, 0.3) is 0 Å². The van der Waals surface area contributed by atoms with Crippen LogP contribution in [-0.4, -0.2) is 10.9 Å². The van der Waals surface area contributed by atoms with Gasteiger partial charge in [0.05, 0.1) is 0 Å². The Labute approximate surface area is 111 Å². The van der Waals surface area contributed by atoms with Gasteiger partial charge in [-0.1, -0.05) is 0 Å². The van der Waals surface area contributed by atoms with Crippen LogP contribution in [0.1, 0.15) is 25.2 Å². The van der Waals surface area contributed by atoms with Crippen LogP contribution in [-0.2, 0) is 4.79 Å². The Morgan fingerprint density at radius 2 is 2.11 bits per heavy atom. The van der Waals surface area contributed by atoms with Crippen LogP contribution in [0.15, 0.2) is 22.6 Å². The van der Waals surface area contributed by atoms with E-state index in [1.807, 2.05) is 25.1 Å². The molecule has 98 valence electrons. The van der Waals surface area contributed by atoms with Crippen molar-refractivity contribution >= 4 is 22.7 Å². The topological polar surface area (TPSA) is 55.1 Å². The summed E-state index contributed by atoms with van der Waals surface area (Å²) >= 11 is 0. The largest absolute Gasteiger partial charge is 0.441 e. The summed E-state index contributed by atoms with van der Waals surface area (Å²) < 4.78 is 5.42. The SMILES string of the molecule is Cc1nc2cc(NC(=O)C3CC4CC4C3)ccc2o1. The maximum Gasteiger partial charge on any atom is 0.227 e. The minimum atomic E-state index is 0.159. The van der Waals surface area contributed by atoms with Crippen molar-refractivity contribution < 1.29 is 9.21 Å². The summed E-state index contributed by atoms with van der Waals surface area (Å²) in [7, 11) is 0. The molecule has 0 bridgehead atoms. The summed E-state index contributed by atoms with van der Waals surface area (Å²) in [5.74, 6) is 2.67. The van der Waals surface area contributed by atoms with Gasteiger partial charge in [-0.3, -0.25) is 4.79 Å². The van der Waals surface area contributed by atoms with Crippen molar-refractivity contribution in [3.05, 3.63) is 24.1 Å². The van der Waals surface area contributed by atoms with Crippen LogP contribution in [0.2, 0.25) is 0 Å². The first-order valence-electron chi connectivity index (χ1n) is 6.87. The molecule has 0 radical (unpaired) electrons. The molecule has 4 nitrogen and oxygen atoms in total. The summed E-state index contributed by atoms with van der Waals surface area (Å²) in [6.07, 6.45) is 3.48. The van der Waals surface area contributed by atoms with Crippen molar-refractivity contribution in [2.45, 2.75) is 26.2 Å². The first-order chi connectivity index (χ1) is 9.19. The summed E-state index contributed by atoms with van der Waals surface area (Å²) in [6.45, 7) is 1.82. The van der Waals surface area contributed by atoms with Crippen molar-refractivity contribution in [2.75, 3.05) is 5.32 Å². The van der Waals surface area contributed by atoms with Gasteiger partial charge in [0.15, 0.2) is 11.5 Å². The first kappa shape index (κ1) is 11.0. The standard InChI is InChI=1S/C15H16N2O2/c1-8-16-13-7-12(2-3-14(13)19-8)17-15(18)11-5-9-4-10(9)6-11/h2-3,7,9-11H,4-6H2,1H3,(H,17,18). The predicted molar refractivity (Wildman–Crippen MR) is 71.7 cm³/mol. The number of hydrogen-bond donors (Lipinski definition) is 1. The molecule has 4 rings (SSSR count). The zero-order chi connectivity index (χ0) is 13.0. The minimum Gasteiger partial charge on any atom is -0.441 e. The van der Waals surface area contributed by atoms with E-state index in [1.165, 1.54) is 6.42 Å². The van der Waals surface area contributed by atoms with E-state index in [-0.39, 0.29) is 11.8 Å². The fraction of sp³-hybridized carbons (Fsp3) is 0.467. The number of aromatic nitrogens is 1. The molecule has 1 aromatic carbocycles. The molecule has 1 aromatic heterocycles. The Bertz CT molecular complexity index is 651. The fourth-order valence-corrected chi connectivity index (χ4v) is 3.29. The van der Waals surface area contributed by atoms with E-state index in [4.69, 9.17) is 4.42 Å². The van der Waals surface area contributed by atoms with E-state index in [1.54, 1.807) is 0 Å². The van der Waals surface area contributed by atoms with Crippen molar-refractivity contribution in [3.63, 3.8) is 0 Å². The van der Waals surface area contributed by atoms with Crippen LogP contribution >= 0.6 is 0 Å². The van der Waals surface area contributed by atoms with E-state index in [0.717, 1.165) is 41.5 Å². The van der Waals surface area contributed by atoms with Crippen LogP contribution in [0.5, 0.6) is 0 Å². The quantitative estimate of drug-likeness (QED) is 0.898. The fourth-order valence-electron chi connectivity index (χ4n) is 3.29. The molecule has 2 saturated carbocycles. The monoisotopic (exact) mass is 256 g/mol. The van der Waals surface area contributed by atoms with Gasteiger partial charge < -0.3 is 9.73 Å². The highest BCUT2D eigenvalue weighted by Crippen LogP contribution is 2.54. The molecule has 2 unspecified atom stereocenters. The van der Waals surface area contributed by atoms with E-state index in [2.05, 4.69) is 10.3 Å². The number of hydrogen-bond acceptors (Lipinski definition) is 3. The highest BCUT2D eigenvalue weighted by Gasteiger charge is 2.47. The molecule has 2 aromatic rings. The molecule has 2 aliphatic rings. The third kappa shape index (κ3) is 1.91. The van der Waals surface area contributed by atoms with Crippen LogP contribution < -0.4 is 5.32 Å². The number of rotatable bonds is 2. The molecule has 0 saturated heterocycles. The molecular weight excluding hydrogens is 240 g/mol. The molecular formula is C15H16N2O2. The zero-order valence-corrected chi connectivity index (χ0v) is 10.8. The lowest BCUT2D eigenvalue weighted by molar-refractivity contribution is -0.120. The average Bonchev–Trinajstić information content (AvgIpc) is 2.82. The summed E-state index contributed by atoms with van der Waals surface area (Å²) in [6, 6.07) is 5.61. The second-order valence-corrected chi connectivity index (χ2v) is 5.83. The highest BCUT2D eigenvalue weighted by molar-refractivity contribution is 5.94. The zero-order valence-electron chi connectivity index (χ0n) is 10.8. The Kier molecular flexibility index (Phi) is 2.22. The number of oxazole rings is 1. The number of nitrogens with one attached hydrogen (secondary N) is 1. The van der Waals surface area contributed by atoms with Gasteiger partial charge in [-0.25, -0.2) is 4.98 Å². The smallest absolute Gasteiger partial charge is 0.227 e.